The van der Waals surface area contributed by atoms with Crippen LogP contribution in [-0.4, -0.2) is 6.54 Å². The van der Waals surface area contributed by atoms with Crippen LogP contribution >= 0.6 is 11.3 Å². The molecule has 0 radical (unpaired) electrons. The Balaban J connectivity index is 1.61. The average molecular weight is 298 g/mol. The molecule has 21 heavy (non-hydrogen) atoms. The van der Waals surface area contributed by atoms with E-state index in [1.165, 1.54) is 10.4 Å². The standard InChI is InChI=1S/C18H19NOS/c1-2-6-15(7-3-1)17(18-9-4-12-20-18)10-11-19-14-16-8-5-13-21-16/h1-9,12-13,17,19H,10-11,14H2/p+1/t17-/m1/s1. The predicted octanol–water partition coefficient (Wildman–Crippen LogP) is 3.63. The molecule has 1 atom stereocenters. The van der Waals surface area contributed by atoms with Crippen molar-refractivity contribution in [1.29, 1.82) is 0 Å². The number of nitrogens with two attached hydrogens (primary N) is 1. The zero-order valence-electron chi connectivity index (χ0n) is 11.9. The zero-order chi connectivity index (χ0) is 14.3. The lowest BCUT2D eigenvalue weighted by Gasteiger charge is -2.14. The molecule has 2 aromatic heterocycles. The Bertz CT molecular complexity index is 617. The van der Waals surface area contributed by atoms with Crippen LogP contribution in [0.4, 0.5) is 0 Å². The molecule has 0 bridgehead atoms. The summed E-state index contributed by atoms with van der Waals surface area (Å²) in [6.07, 6.45) is 2.85. The van der Waals surface area contributed by atoms with E-state index in [9.17, 15) is 0 Å². The molecular formula is C18H20NOS+. The predicted molar refractivity (Wildman–Crippen MR) is 86.4 cm³/mol. The molecule has 2 nitrogen and oxygen atoms in total. The van der Waals surface area contributed by atoms with Gasteiger partial charge in [-0.25, -0.2) is 0 Å². The minimum atomic E-state index is 0.348. The lowest BCUT2D eigenvalue weighted by molar-refractivity contribution is -0.670. The van der Waals surface area contributed by atoms with Crippen molar-refractivity contribution in [1.82, 2.24) is 0 Å². The first-order valence-corrected chi connectivity index (χ1v) is 8.24. The van der Waals surface area contributed by atoms with Gasteiger partial charge in [0.15, 0.2) is 0 Å². The summed E-state index contributed by atoms with van der Waals surface area (Å²) < 4.78 is 5.64. The Labute approximate surface area is 129 Å². The molecule has 3 rings (SSSR count). The first-order valence-electron chi connectivity index (χ1n) is 7.36. The molecule has 0 aliphatic heterocycles. The van der Waals surface area contributed by atoms with Crippen molar-refractivity contribution in [3.05, 3.63) is 82.4 Å². The van der Waals surface area contributed by atoms with E-state index in [2.05, 4.69) is 59.2 Å². The van der Waals surface area contributed by atoms with E-state index in [4.69, 9.17) is 4.42 Å². The van der Waals surface area contributed by atoms with Gasteiger partial charge in [-0.2, -0.15) is 0 Å². The number of hydrogen-bond acceptors (Lipinski definition) is 2. The van der Waals surface area contributed by atoms with Gasteiger partial charge in [-0.1, -0.05) is 36.4 Å². The lowest BCUT2D eigenvalue weighted by atomic mass is 9.93. The third-order valence-electron chi connectivity index (χ3n) is 3.67. The Kier molecular flexibility index (Phi) is 4.87. The van der Waals surface area contributed by atoms with E-state index in [0.717, 1.165) is 25.3 Å². The molecule has 2 N–H and O–H groups in total. The highest BCUT2D eigenvalue weighted by Crippen LogP contribution is 2.27. The molecule has 0 aliphatic rings. The molecule has 0 fully saturated rings. The molecule has 0 saturated heterocycles. The minimum absolute atomic E-state index is 0.348. The summed E-state index contributed by atoms with van der Waals surface area (Å²) in [6, 6.07) is 19.0. The number of benzene rings is 1. The smallest absolute Gasteiger partial charge is 0.111 e. The van der Waals surface area contributed by atoms with Crippen molar-refractivity contribution in [3.8, 4) is 0 Å². The number of furan rings is 1. The Morgan fingerprint density at radius 2 is 1.90 bits per heavy atom. The molecule has 1 aromatic carbocycles. The topological polar surface area (TPSA) is 29.8 Å². The summed E-state index contributed by atoms with van der Waals surface area (Å²) in [7, 11) is 0. The van der Waals surface area contributed by atoms with Gasteiger partial charge < -0.3 is 9.73 Å². The van der Waals surface area contributed by atoms with E-state index in [-0.39, 0.29) is 0 Å². The zero-order valence-corrected chi connectivity index (χ0v) is 12.8. The first-order chi connectivity index (χ1) is 10.4. The second kappa shape index (κ2) is 7.25. The molecule has 3 aromatic rings. The van der Waals surface area contributed by atoms with Gasteiger partial charge in [-0.3, -0.25) is 0 Å². The number of quaternary nitrogens is 1. The van der Waals surface area contributed by atoms with Crippen LogP contribution in [0, 0.1) is 0 Å². The number of rotatable bonds is 7. The maximum Gasteiger partial charge on any atom is 0.111 e. The van der Waals surface area contributed by atoms with E-state index < -0.39 is 0 Å². The largest absolute Gasteiger partial charge is 0.469 e. The van der Waals surface area contributed by atoms with Crippen molar-refractivity contribution in [2.24, 2.45) is 0 Å². The van der Waals surface area contributed by atoms with Gasteiger partial charge in [-0.15, -0.1) is 11.3 Å². The number of hydrogen-bond donors (Lipinski definition) is 1. The Hall–Kier alpha value is -1.84. The molecule has 0 spiro atoms. The molecule has 3 heteroatoms. The van der Waals surface area contributed by atoms with E-state index in [1.807, 2.05) is 17.4 Å². The van der Waals surface area contributed by atoms with Crippen molar-refractivity contribution >= 4 is 11.3 Å². The van der Waals surface area contributed by atoms with Crippen LogP contribution in [-0.2, 0) is 6.54 Å². The van der Waals surface area contributed by atoms with Crippen LogP contribution in [0.2, 0.25) is 0 Å². The Morgan fingerprint density at radius 1 is 1.00 bits per heavy atom. The van der Waals surface area contributed by atoms with E-state index >= 15 is 0 Å². The second-order valence-corrected chi connectivity index (χ2v) is 6.16. The van der Waals surface area contributed by atoms with Crippen LogP contribution < -0.4 is 5.32 Å². The third kappa shape index (κ3) is 3.84. The van der Waals surface area contributed by atoms with Crippen LogP contribution in [0.25, 0.3) is 0 Å². The molecule has 0 unspecified atom stereocenters. The number of thiophene rings is 1. The third-order valence-corrected chi connectivity index (χ3v) is 4.57. The summed E-state index contributed by atoms with van der Waals surface area (Å²) in [4.78, 5) is 1.43. The quantitative estimate of drug-likeness (QED) is 0.663. The van der Waals surface area contributed by atoms with Gasteiger partial charge in [-0.05, 0) is 29.1 Å². The molecule has 0 amide bonds. The van der Waals surface area contributed by atoms with Crippen LogP contribution in [0.5, 0.6) is 0 Å². The summed E-state index contributed by atoms with van der Waals surface area (Å²) >= 11 is 1.83. The molecular weight excluding hydrogens is 278 g/mol. The van der Waals surface area contributed by atoms with Crippen LogP contribution in [0.1, 0.15) is 28.5 Å². The van der Waals surface area contributed by atoms with E-state index in [1.54, 1.807) is 6.26 Å². The van der Waals surface area contributed by atoms with Gasteiger partial charge in [0.2, 0.25) is 0 Å². The van der Waals surface area contributed by atoms with Crippen molar-refractivity contribution < 1.29 is 9.73 Å². The minimum Gasteiger partial charge on any atom is -0.469 e. The second-order valence-electron chi connectivity index (χ2n) is 5.13. The summed E-state index contributed by atoms with van der Waals surface area (Å²) in [5, 5.41) is 4.52. The molecule has 0 aliphatic carbocycles. The van der Waals surface area contributed by atoms with Crippen LogP contribution in [0.3, 0.4) is 0 Å². The summed E-state index contributed by atoms with van der Waals surface area (Å²) in [5.74, 6) is 1.41. The fourth-order valence-corrected chi connectivity index (χ4v) is 3.31. The van der Waals surface area contributed by atoms with Crippen molar-refractivity contribution in [2.75, 3.05) is 6.54 Å². The van der Waals surface area contributed by atoms with Crippen LogP contribution in [0.15, 0.2) is 70.7 Å². The highest BCUT2D eigenvalue weighted by Gasteiger charge is 2.17. The van der Waals surface area contributed by atoms with Crippen molar-refractivity contribution in [3.63, 3.8) is 0 Å². The molecule has 0 saturated carbocycles. The molecule has 108 valence electrons. The van der Waals surface area contributed by atoms with E-state index in [0.29, 0.717) is 5.92 Å². The Morgan fingerprint density at radius 3 is 2.62 bits per heavy atom. The lowest BCUT2D eigenvalue weighted by Crippen LogP contribution is -2.82. The summed E-state index contributed by atoms with van der Waals surface area (Å²) in [5.41, 5.74) is 1.33. The van der Waals surface area contributed by atoms with Gasteiger partial charge in [0.1, 0.15) is 12.3 Å². The first kappa shape index (κ1) is 14.1. The van der Waals surface area contributed by atoms with Gasteiger partial charge >= 0.3 is 0 Å². The van der Waals surface area contributed by atoms with Gasteiger partial charge in [0.05, 0.1) is 17.7 Å². The average Bonchev–Trinajstić information content (AvgIpc) is 3.21. The maximum absolute atomic E-state index is 5.64. The molecule has 2 heterocycles. The highest BCUT2D eigenvalue weighted by atomic mass is 32.1. The van der Waals surface area contributed by atoms with Gasteiger partial charge in [0, 0.05) is 12.3 Å². The fraction of sp³-hybridized carbons (Fsp3) is 0.222. The van der Waals surface area contributed by atoms with Gasteiger partial charge in [0.25, 0.3) is 0 Å². The normalized spacial score (nSPS) is 12.4. The summed E-state index contributed by atoms with van der Waals surface area (Å²) in [6.45, 7) is 2.16. The monoisotopic (exact) mass is 298 g/mol. The van der Waals surface area contributed by atoms with Crippen molar-refractivity contribution in [2.45, 2.75) is 18.9 Å². The fourth-order valence-electron chi connectivity index (χ4n) is 2.61. The highest BCUT2D eigenvalue weighted by molar-refractivity contribution is 7.09. The maximum atomic E-state index is 5.64. The SMILES string of the molecule is c1ccc([C@@H](CC[NH2+]Cc2cccs2)c2ccco2)cc1.